The van der Waals surface area contributed by atoms with E-state index in [0.717, 1.165) is 34.9 Å². The third kappa shape index (κ3) is 2.29. The Morgan fingerprint density at radius 1 is 0.905 bits per heavy atom. The molecule has 0 saturated heterocycles. The lowest BCUT2D eigenvalue weighted by molar-refractivity contribution is 0.369. The number of hydrogen-bond donors (Lipinski definition) is 3. The van der Waals surface area contributed by atoms with Crippen LogP contribution in [0.4, 0.5) is 0 Å². The fourth-order valence-corrected chi connectivity index (χ4v) is 2.96. The van der Waals surface area contributed by atoms with Gasteiger partial charge in [0.2, 0.25) is 0 Å². The maximum atomic E-state index is 10.7. The van der Waals surface area contributed by atoms with Crippen LogP contribution in [0.25, 0.3) is 10.9 Å². The third-order valence-corrected chi connectivity index (χ3v) is 5.09. The number of fused-ring (bicyclic) bond motifs is 1. The van der Waals surface area contributed by atoms with E-state index < -0.39 is 0 Å². The molecule has 21 heavy (non-hydrogen) atoms. The molecule has 0 radical (unpaired) electrons. The van der Waals surface area contributed by atoms with Crippen molar-refractivity contribution in [2.45, 2.75) is 65.2 Å². The van der Waals surface area contributed by atoms with Gasteiger partial charge < -0.3 is 15.2 Å². The molecule has 0 aliphatic heterocycles. The monoisotopic (exact) mass is 289 g/mol. The lowest BCUT2D eigenvalue weighted by atomic mass is 9.75. The smallest absolute Gasteiger partial charge is 0.163 e. The van der Waals surface area contributed by atoms with E-state index in [1.165, 1.54) is 0 Å². The van der Waals surface area contributed by atoms with Gasteiger partial charge in [-0.1, -0.05) is 41.5 Å². The zero-order valence-electron chi connectivity index (χ0n) is 14.0. The first kappa shape index (κ1) is 15.7. The number of aromatic nitrogens is 1. The third-order valence-electron chi connectivity index (χ3n) is 5.09. The van der Waals surface area contributed by atoms with E-state index in [0.29, 0.717) is 0 Å². The zero-order chi connectivity index (χ0) is 16.0. The van der Waals surface area contributed by atoms with Crippen molar-refractivity contribution in [1.82, 2.24) is 4.98 Å². The van der Waals surface area contributed by atoms with Crippen molar-refractivity contribution in [2.75, 3.05) is 0 Å². The van der Waals surface area contributed by atoms with Crippen molar-refractivity contribution in [3.05, 3.63) is 23.4 Å². The van der Waals surface area contributed by atoms with Gasteiger partial charge in [0.05, 0.1) is 5.52 Å². The summed E-state index contributed by atoms with van der Waals surface area (Å²) in [7, 11) is 0. The molecule has 3 N–H and O–H groups in total. The molecule has 0 spiro atoms. The number of aromatic amines is 1. The molecular formula is C18H27NO2. The van der Waals surface area contributed by atoms with Gasteiger partial charge in [0, 0.05) is 22.7 Å². The van der Waals surface area contributed by atoms with E-state index in [9.17, 15) is 10.2 Å². The highest BCUT2D eigenvalue weighted by Crippen LogP contribution is 2.50. The maximum absolute atomic E-state index is 10.7. The van der Waals surface area contributed by atoms with Gasteiger partial charge in [-0.05, 0) is 29.7 Å². The molecule has 0 fully saturated rings. The second kappa shape index (κ2) is 4.97. The predicted molar refractivity (Wildman–Crippen MR) is 88.3 cm³/mol. The van der Waals surface area contributed by atoms with Crippen molar-refractivity contribution in [3.8, 4) is 11.5 Å². The number of phenolic OH excluding ortho intramolecular Hbond substituents is 2. The standard InChI is InChI=1S/C18H27NO2/c1-7-17(3,4)12-11-9-10-19-14(11)13(16(21)15(12)20)18(5,6)8-2/h9-10,19-21H,7-8H2,1-6H3. The van der Waals surface area contributed by atoms with E-state index >= 15 is 0 Å². The normalized spacial score (nSPS) is 13.0. The summed E-state index contributed by atoms with van der Waals surface area (Å²) in [5, 5.41) is 22.3. The minimum absolute atomic E-state index is 0.0216. The highest BCUT2D eigenvalue weighted by Gasteiger charge is 2.33. The van der Waals surface area contributed by atoms with Crippen LogP contribution in [0, 0.1) is 0 Å². The first-order chi connectivity index (χ1) is 9.67. The molecule has 0 saturated carbocycles. The van der Waals surface area contributed by atoms with Crippen molar-refractivity contribution in [3.63, 3.8) is 0 Å². The van der Waals surface area contributed by atoms with Crippen LogP contribution >= 0.6 is 0 Å². The Bertz CT molecular complexity index is 609. The summed E-state index contributed by atoms with van der Waals surface area (Å²) < 4.78 is 0. The Labute approximate surface area is 127 Å². The van der Waals surface area contributed by atoms with E-state index in [4.69, 9.17) is 0 Å². The average Bonchev–Trinajstić information content (AvgIpc) is 2.87. The summed E-state index contributed by atoms with van der Waals surface area (Å²) in [5.74, 6) is 0.0544. The Hall–Kier alpha value is -1.64. The molecule has 0 unspecified atom stereocenters. The molecule has 0 atom stereocenters. The molecule has 0 aliphatic carbocycles. The van der Waals surface area contributed by atoms with Gasteiger partial charge in [0.25, 0.3) is 0 Å². The highest BCUT2D eigenvalue weighted by molar-refractivity contribution is 5.92. The molecule has 0 aliphatic rings. The Morgan fingerprint density at radius 2 is 1.38 bits per heavy atom. The molecule has 1 aromatic carbocycles. The van der Waals surface area contributed by atoms with Crippen LogP contribution < -0.4 is 0 Å². The summed E-state index contributed by atoms with van der Waals surface area (Å²) in [4.78, 5) is 3.26. The SMILES string of the molecule is CCC(C)(C)c1c(O)c(O)c(C(C)(C)CC)c2[nH]ccc12. The highest BCUT2D eigenvalue weighted by atomic mass is 16.3. The van der Waals surface area contributed by atoms with Crippen molar-refractivity contribution in [1.29, 1.82) is 0 Å². The Kier molecular flexibility index (Phi) is 3.73. The molecular weight excluding hydrogens is 262 g/mol. The van der Waals surface area contributed by atoms with Gasteiger partial charge in [0.1, 0.15) is 0 Å². The van der Waals surface area contributed by atoms with E-state index in [-0.39, 0.29) is 22.3 Å². The minimum atomic E-state index is -0.209. The van der Waals surface area contributed by atoms with Gasteiger partial charge >= 0.3 is 0 Å². The van der Waals surface area contributed by atoms with E-state index in [1.807, 2.05) is 12.3 Å². The van der Waals surface area contributed by atoms with Crippen LogP contribution in [0.2, 0.25) is 0 Å². The Balaban J connectivity index is 2.93. The van der Waals surface area contributed by atoms with Crippen LogP contribution in [0.3, 0.4) is 0 Å². The fraction of sp³-hybridized carbons (Fsp3) is 0.556. The van der Waals surface area contributed by atoms with Gasteiger partial charge in [-0.2, -0.15) is 0 Å². The number of phenols is 2. The lowest BCUT2D eigenvalue weighted by Crippen LogP contribution is -2.20. The maximum Gasteiger partial charge on any atom is 0.163 e. The number of benzene rings is 1. The van der Waals surface area contributed by atoms with E-state index in [2.05, 4.69) is 46.5 Å². The molecule has 116 valence electrons. The second-order valence-corrected chi connectivity index (χ2v) is 7.19. The quantitative estimate of drug-likeness (QED) is 0.697. The topological polar surface area (TPSA) is 56.2 Å². The number of hydrogen-bond acceptors (Lipinski definition) is 2. The van der Waals surface area contributed by atoms with Crippen molar-refractivity contribution >= 4 is 10.9 Å². The van der Waals surface area contributed by atoms with Crippen LogP contribution in [0.5, 0.6) is 11.5 Å². The molecule has 1 heterocycles. The van der Waals surface area contributed by atoms with Crippen LogP contribution in [0.15, 0.2) is 12.3 Å². The fourth-order valence-electron chi connectivity index (χ4n) is 2.96. The van der Waals surface area contributed by atoms with E-state index in [1.54, 1.807) is 0 Å². The molecule has 0 bridgehead atoms. The van der Waals surface area contributed by atoms with Crippen LogP contribution in [0.1, 0.15) is 65.5 Å². The molecule has 2 aromatic rings. The molecule has 3 nitrogen and oxygen atoms in total. The van der Waals surface area contributed by atoms with Gasteiger partial charge in [-0.3, -0.25) is 0 Å². The van der Waals surface area contributed by atoms with Crippen molar-refractivity contribution in [2.24, 2.45) is 0 Å². The van der Waals surface area contributed by atoms with Crippen molar-refractivity contribution < 1.29 is 10.2 Å². The Morgan fingerprint density at radius 3 is 1.90 bits per heavy atom. The number of aromatic hydroxyl groups is 2. The number of nitrogens with one attached hydrogen (secondary N) is 1. The molecule has 3 heteroatoms. The van der Waals surface area contributed by atoms with Crippen LogP contribution in [-0.4, -0.2) is 15.2 Å². The van der Waals surface area contributed by atoms with Gasteiger partial charge in [-0.25, -0.2) is 0 Å². The summed E-state index contributed by atoms with van der Waals surface area (Å²) in [6, 6.07) is 2.00. The minimum Gasteiger partial charge on any atom is -0.504 e. The zero-order valence-corrected chi connectivity index (χ0v) is 14.0. The lowest BCUT2D eigenvalue weighted by Gasteiger charge is -2.30. The summed E-state index contributed by atoms with van der Waals surface area (Å²) in [6.07, 6.45) is 3.65. The summed E-state index contributed by atoms with van der Waals surface area (Å²) >= 11 is 0. The largest absolute Gasteiger partial charge is 0.504 e. The molecule has 1 aromatic heterocycles. The molecule has 2 rings (SSSR count). The summed E-state index contributed by atoms with van der Waals surface area (Å²) in [6.45, 7) is 12.6. The first-order valence-corrected chi connectivity index (χ1v) is 7.73. The molecule has 0 amide bonds. The number of H-pyrrole nitrogens is 1. The van der Waals surface area contributed by atoms with Crippen LogP contribution in [-0.2, 0) is 10.8 Å². The summed E-state index contributed by atoms with van der Waals surface area (Å²) in [5.41, 5.74) is 2.16. The van der Waals surface area contributed by atoms with Gasteiger partial charge in [0.15, 0.2) is 11.5 Å². The first-order valence-electron chi connectivity index (χ1n) is 7.73. The number of rotatable bonds is 4. The average molecular weight is 289 g/mol. The van der Waals surface area contributed by atoms with Gasteiger partial charge in [-0.15, -0.1) is 0 Å². The predicted octanol–water partition coefficient (Wildman–Crippen LogP) is 4.95. The second-order valence-electron chi connectivity index (χ2n) is 7.19.